The molecule has 76 valence electrons. The summed E-state index contributed by atoms with van der Waals surface area (Å²) in [7, 11) is 0. The average Bonchev–Trinajstić information content (AvgIpc) is 2.68. The van der Waals surface area contributed by atoms with Gasteiger partial charge in [0.05, 0.1) is 16.0 Å². The number of benzene rings is 1. The molecule has 0 radical (unpaired) electrons. The molecule has 0 bridgehead atoms. The number of rotatable bonds is 4. The maximum Gasteiger partial charge on any atom is 0.176 e. The van der Waals surface area contributed by atoms with Crippen LogP contribution in [-0.4, -0.2) is 21.9 Å². The molecule has 0 unspecified atom stereocenters. The third-order valence-corrected chi connectivity index (χ3v) is 4.21. The second kappa shape index (κ2) is 4.83. The normalized spacial score (nSPS) is 10.4. The van der Waals surface area contributed by atoms with Gasteiger partial charge in [-0.2, -0.15) is 0 Å². The van der Waals surface area contributed by atoms with Crippen molar-refractivity contribution in [2.45, 2.75) is 4.34 Å². The van der Waals surface area contributed by atoms with Gasteiger partial charge in [0.15, 0.2) is 10.1 Å². The summed E-state index contributed by atoms with van der Waals surface area (Å²) in [5, 5.41) is 1.18. The number of Topliss-reactive ketones (excluding diaryl/α,β-unsaturated/α-hetero) is 1. The molecule has 0 atom stereocenters. The summed E-state index contributed by atoms with van der Waals surface area (Å²) in [6.45, 7) is 0. The van der Waals surface area contributed by atoms with Crippen molar-refractivity contribution in [3.05, 3.63) is 24.3 Å². The highest BCUT2D eigenvalue weighted by Gasteiger charge is 2.05. The molecule has 2 aromatic rings. The van der Waals surface area contributed by atoms with Crippen LogP contribution in [0.5, 0.6) is 0 Å². The number of aromatic nitrogens is 1. The maximum atomic E-state index is 11.0. The number of thiazole rings is 1. The predicted octanol–water partition coefficient (Wildman–Crippen LogP) is 2.96. The highest BCUT2D eigenvalue weighted by atomic mass is 32.2. The molecule has 0 saturated heterocycles. The van der Waals surface area contributed by atoms with Crippen molar-refractivity contribution in [1.29, 1.82) is 0 Å². The zero-order chi connectivity index (χ0) is 10.7. The van der Waals surface area contributed by atoms with E-state index in [1.165, 1.54) is 17.1 Å². The molecule has 2 rings (SSSR count). The quantitative estimate of drug-likeness (QED) is 0.619. The van der Waals surface area contributed by atoms with Gasteiger partial charge in [0.2, 0.25) is 0 Å². The van der Waals surface area contributed by atoms with Crippen LogP contribution in [0.15, 0.2) is 28.6 Å². The van der Waals surface area contributed by atoms with Crippen molar-refractivity contribution in [2.24, 2.45) is 0 Å². The molecule has 0 N–H and O–H groups in total. The fraction of sp³-hybridized carbons (Fsp3) is 0.100. The van der Waals surface area contributed by atoms with Gasteiger partial charge in [-0.05, 0) is 12.1 Å². The number of hydrogen-bond acceptors (Lipinski definition) is 5. The second-order valence-electron chi connectivity index (χ2n) is 2.82. The van der Waals surface area contributed by atoms with Crippen molar-refractivity contribution >= 4 is 56.7 Å². The molecule has 0 aliphatic rings. The van der Waals surface area contributed by atoms with Crippen molar-refractivity contribution in [3.8, 4) is 0 Å². The number of para-hydroxylation sites is 1. The first-order chi connectivity index (χ1) is 7.29. The highest BCUT2D eigenvalue weighted by Crippen LogP contribution is 2.28. The first kappa shape index (κ1) is 10.7. The van der Waals surface area contributed by atoms with Crippen LogP contribution in [0.4, 0.5) is 0 Å². The standard InChI is InChI=1S/C10H7NOS3/c12-7(5-13)6-14-10-11-8-3-1-2-4-9(8)15-10/h1-5H,6H2. The summed E-state index contributed by atoms with van der Waals surface area (Å²) >= 11 is 7.59. The van der Waals surface area contributed by atoms with Crippen LogP contribution < -0.4 is 0 Å². The van der Waals surface area contributed by atoms with Gasteiger partial charge in [-0.15, -0.1) is 11.3 Å². The average molecular weight is 253 g/mol. The number of carbonyl (C=O) groups is 1. The number of ketones is 1. The number of thioether (sulfide) groups is 1. The van der Waals surface area contributed by atoms with E-state index in [-0.39, 0.29) is 5.78 Å². The van der Waals surface area contributed by atoms with Crippen molar-refractivity contribution in [2.75, 3.05) is 5.75 Å². The highest BCUT2D eigenvalue weighted by molar-refractivity contribution is 8.02. The van der Waals surface area contributed by atoms with E-state index < -0.39 is 0 Å². The van der Waals surface area contributed by atoms with Crippen LogP contribution in [0, 0.1) is 0 Å². The Balaban J connectivity index is 2.15. The zero-order valence-electron chi connectivity index (χ0n) is 7.67. The molecule has 1 aromatic heterocycles. The van der Waals surface area contributed by atoms with Crippen LogP contribution in [0.2, 0.25) is 0 Å². The molecule has 5 heteroatoms. The van der Waals surface area contributed by atoms with Crippen LogP contribution in [0.3, 0.4) is 0 Å². The van der Waals surface area contributed by atoms with E-state index in [1.807, 2.05) is 24.3 Å². The van der Waals surface area contributed by atoms with E-state index in [9.17, 15) is 4.79 Å². The lowest BCUT2D eigenvalue weighted by Gasteiger charge is -1.89. The lowest BCUT2D eigenvalue weighted by atomic mass is 10.3. The second-order valence-corrected chi connectivity index (χ2v) is 5.31. The summed E-state index contributed by atoms with van der Waals surface area (Å²) in [6, 6.07) is 7.94. The molecule has 0 aliphatic heterocycles. The first-order valence-electron chi connectivity index (χ1n) is 4.26. The SMILES string of the molecule is O=C(C=S)CSc1nc2ccccc2s1. The van der Waals surface area contributed by atoms with E-state index >= 15 is 0 Å². The number of hydrogen-bond donors (Lipinski definition) is 0. The third-order valence-electron chi connectivity index (χ3n) is 1.74. The summed E-state index contributed by atoms with van der Waals surface area (Å²) in [5.74, 6) is 0.345. The van der Waals surface area contributed by atoms with Crippen LogP contribution in [0.1, 0.15) is 0 Å². The van der Waals surface area contributed by atoms with E-state index in [0.717, 1.165) is 14.6 Å². The fourth-order valence-electron chi connectivity index (χ4n) is 1.08. The number of thiocarbonyl (C=S) groups is 1. The number of nitrogens with zero attached hydrogens (tertiary/aromatic N) is 1. The minimum atomic E-state index is -0.0331. The van der Waals surface area contributed by atoms with E-state index in [1.54, 1.807) is 11.3 Å². The Hall–Kier alpha value is -0.780. The molecule has 1 heterocycles. The summed E-state index contributed by atoms with van der Waals surface area (Å²) in [4.78, 5) is 15.4. The Morgan fingerprint density at radius 2 is 2.33 bits per heavy atom. The largest absolute Gasteiger partial charge is 0.293 e. The Bertz CT molecular complexity index is 473. The molecule has 2 nitrogen and oxygen atoms in total. The van der Waals surface area contributed by atoms with Crippen molar-refractivity contribution in [3.63, 3.8) is 0 Å². The van der Waals surface area contributed by atoms with Crippen LogP contribution >= 0.6 is 35.3 Å². The molecule has 0 fully saturated rings. The van der Waals surface area contributed by atoms with Gasteiger partial charge in [0, 0.05) is 5.37 Å². The molecule has 0 aliphatic carbocycles. The van der Waals surface area contributed by atoms with Gasteiger partial charge in [0.1, 0.15) is 0 Å². The zero-order valence-corrected chi connectivity index (χ0v) is 10.1. The van der Waals surface area contributed by atoms with Crippen molar-refractivity contribution in [1.82, 2.24) is 4.98 Å². The molecular formula is C10H7NOS3. The Kier molecular flexibility index (Phi) is 3.45. The van der Waals surface area contributed by atoms with E-state index in [4.69, 9.17) is 0 Å². The molecule has 1 aromatic carbocycles. The Labute approximate surface area is 101 Å². The summed E-state index contributed by atoms with van der Waals surface area (Å²) in [6.07, 6.45) is 0. The number of carbonyl (C=O) groups excluding carboxylic acids is 1. The smallest absolute Gasteiger partial charge is 0.176 e. The Morgan fingerprint density at radius 3 is 3.07 bits per heavy atom. The van der Waals surface area contributed by atoms with Gasteiger partial charge >= 0.3 is 0 Å². The lowest BCUT2D eigenvalue weighted by Crippen LogP contribution is -1.99. The van der Waals surface area contributed by atoms with E-state index in [0.29, 0.717) is 5.75 Å². The monoisotopic (exact) mass is 253 g/mol. The third kappa shape index (κ3) is 2.62. The first-order valence-corrected chi connectivity index (χ1v) is 6.53. The van der Waals surface area contributed by atoms with Gasteiger partial charge in [-0.3, -0.25) is 4.79 Å². The summed E-state index contributed by atoms with van der Waals surface area (Å²) < 4.78 is 2.07. The molecule has 0 spiro atoms. The van der Waals surface area contributed by atoms with Gasteiger partial charge in [0.25, 0.3) is 0 Å². The topological polar surface area (TPSA) is 30.0 Å². The molecule has 15 heavy (non-hydrogen) atoms. The molecule has 0 amide bonds. The van der Waals surface area contributed by atoms with Gasteiger partial charge in [-0.25, -0.2) is 4.98 Å². The summed E-state index contributed by atoms with van der Waals surface area (Å²) in [5.41, 5.74) is 0.986. The van der Waals surface area contributed by atoms with Crippen LogP contribution in [-0.2, 0) is 4.79 Å². The lowest BCUT2D eigenvalue weighted by molar-refractivity contribution is -0.110. The fourth-order valence-corrected chi connectivity index (χ4v) is 3.16. The minimum Gasteiger partial charge on any atom is -0.293 e. The molecular weight excluding hydrogens is 246 g/mol. The predicted molar refractivity (Wildman–Crippen MR) is 69.0 cm³/mol. The maximum absolute atomic E-state index is 11.0. The van der Waals surface area contributed by atoms with Gasteiger partial charge in [-0.1, -0.05) is 36.1 Å². The van der Waals surface area contributed by atoms with Crippen LogP contribution in [0.25, 0.3) is 10.2 Å². The van der Waals surface area contributed by atoms with E-state index in [2.05, 4.69) is 17.2 Å². The van der Waals surface area contributed by atoms with Gasteiger partial charge < -0.3 is 0 Å². The molecule has 0 saturated carbocycles. The minimum absolute atomic E-state index is 0.0331. The number of fused-ring (bicyclic) bond motifs is 1. The van der Waals surface area contributed by atoms with Crippen molar-refractivity contribution < 1.29 is 4.79 Å². The Morgan fingerprint density at radius 1 is 1.53 bits per heavy atom.